The minimum atomic E-state index is -1.74. The van der Waals surface area contributed by atoms with Gasteiger partial charge in [0.05, 0.1) is 19.0 Å². The van der Waals surface area contributed by atoms with Crippen molar-refractivity contribution in [2.45, 2.75) is 65.6 Å². The number of rotatable bonds is 3. The highest BCUT2D eigenvalue weighted by Gasteiger charge is 2.33. The highest BCUT2D eigenvalue weighted by Crippen LogP contribution is 2.10. The van der Waals surface area contributed by atoms with Gasteiger partial charge in [0.1, 0.15) is 8.07 Å². The lowest BCUT2D eigenvalue weighted by atomic mass is 10.1. The van der Waals surface area contributed by atoms with Crippen molar-refractivity contribution in [3.63, 3.8) is 0 Å². The summed E-state index contributed by atoms with van der Waals surface area (Å²) in [6, 6.07) is 0. The van der Waals surface area contributed by atoms with Crippen molar-refractivity contribution in [3.8, 4) is 0 Å². The lowest BCUT2D eigenvalue weighted by Gasteiger charge is -2.28. The molecule has 0 aromatic carbocycles. The maximum atomic E-state index is 12.9. The summed E-state index contributed by atoms with van der Waals surface area (Å²) in [6.07, 6.45) is 1.80. The highest BCUT2D eigenvalue weighted by molar-refractivity contribution is 6.92. The summed E-state index contributed by atoms with van der Waals surface area (Å²) < 4.78 is 0. The molecule has 6 heteroatoms. The van der Waals surface area contributed by atoms with Gasteiger partial charge in [0.2, 0.25) is 0 Å². The quantitative estimate of drug-likeness (QED) is 0.867. The fraction of sp³-hybridized carbons (Fsp3) is 0.667. The molecule has 1 aromatic heterocycles. The highest BCUT2D eigenvalue weighted by atomic mass is 28.3. The number of nitrogens with zero attached hydrogens (tertiary/aromatic N) is 2. The van der Waals surface area contributed by atoms with Crippen LogP contribution in [0.5, 0.6) is 0 Å². The average Bonchev–Trinajstić information content (AvgIpc) is 2.23. The first-order valence-electron chi connectivity index (χ1n) is 7.42. The molecule has 1 rings (SSSR count). The molecule has 118 valence electrons. The van der Waals surface area contributed by atoms with Crippen LogP contribution in [-0.2, 0) is 0 Å². The van der Waals surface area contributed by atoms with Crippen LogP contribution in [0, 0.1) is 0 Å². The van der Waals surface area contributed by atoms with Crippen molar-refractivity contribution in [2.24, 2.45) is 0 Å². The molecule has 0 aliphatic rings. The maximum Gasteiger partial charge on any atom is 0.253 e. The Labute approximate surface area is 130 Å². The van der Waals surface area contributed by atoms with Crippen LogP contribution in [0.15, 0.2) is 6.20 Å². The van der Waals surface area contributed by atoms with E-state index in [1.54, 1.807) is 6.20 Å². The zero-order valence-corrected chi connectivity index (χ0v) is 16.9. The third-order valence-corrected chi connectivity index (χ3v) is 6.85. The van der Waals surface area contributed by atoms with E-state index in [0.717, 1.165) is 16.1 Å². The zero-order valence-electron chi connectivity index (χ0n) is 14.9. The monoisotopic (exact) mass is 323 g/mol. The fourth-order valence-corrected chi connectivity index (χ4v) is 5.02. The summed E-state index contributed by atoms with van der Waals surface area (Å²) >= 11 is 0. The van der Waals surface area contributed by atoms with Crippen LogP contribution in [0.25, 0.3) is 0 Å². The Morgan fingerprint density at radius 3 is 1.95 bits per heavy atom. The Hall–Kier alpha value is -1.02. The van der Waals surface area contributed by atoms with Gasteiger partial charge in [-0.1, -0.05) is 39.3 Å². The third kappa shape index (κ3) is 4.74. The Balaban J connectivity index is 3.54. The molecule has 0 radical (unpaired) electrons. The molecule has 21 heavy (non-hydrogen) atoms. The number of carbonyl (C=O) groups excluding carboxylic acids is 1. The van der Waals surface area contributed by atoms with E-state index in [-0.39, 0.29) is 11.4 Å². The number of carbonyl (C=O) groups is 1. The number of hydrogen-bond acceptors (Lipinski definition) is 3. The molecule has 0 atom stereocenters. The lowest BCUT2D eigenvalue weighted by molar-refractivity contribution is 0.0921. The van der Waals surface area contributed by atoms with Gasteiger partial charge in [-0.2, -0.15) is 10.2 Å². The van der Waals surface area contributed by atoms with Gasteiger partial charge in [0.25, 0.3) is 5.91 Å². The van der Waals surface area contributed by atoms with Gasteiger partial charge in [0.15, 0.2) is 0 Å². The molecule has 0 saturated heterocycles. The van der Waals surface area contributed by atoms with E-state index >= 15 is 0 Å². The molecule has 1 amide bonds. The standard InChI is InChI=1S/C15H29N3OSi2/c1-15(2,3)17-13(19)12-11(20(4,5)6)10-16-18-14(12)21(7,8)9/h10H,1-9H3,(H,17,19). The topological polar surface area (TPSA) is 54.9 Å². The minimum absolute atomic E-state index is 0.00718. The normalized spacial score (nSPS) is 13.2. The molecule has 0 unspecified atom stereocenters. The van der Waals surface area contributed by atoms with Crippen LogP contribution in [0.2, 0.25) is 39.3 Å². The Kier molecular flexibility index (Phi) is 4.85. The molecule has 1 aromatic rings. The Bertz CT molecular complexity index is 505. The lowest BCUT2D eigenvalue weighted by Crippen LogP contribution is -2.56. The zero-order chi connectivity index (χ0) is 16.6. The first kappa shape index (κ1) is 18.0. The molecular formula is C15H29N3OSi2. The second kappa shape index (κ2) is 5.64. The summed E-state index contributed by atoms with van der Waals surface area (Å²) in [6.45, 7) is 19.4. The van der Waals surface area contributed by atoms with Crippen LogP contribution in [0.1, 0.15) is 31.1 Å². The minimum Gasteiger partial charge on any atom is -0.347 e. The van der Waals surface area contributed by atoms with Gasteiger partial charge in [-0.25, -0.2) is 0 Å². The Morgan fingerprint density at radius 1 is 1.05 bits per heavy atom. The summed E-state index contributed by atoms with van der Waals surface area (Å²) in [7, 11) is -3.41. The van der Waals surface area contributed by atoms with Crippen molar-refractivity contribution in [3.05, 3.63) is 11.8 Å². The number of hydrogen-bond donors (Lipinski definition) is 1. The largest absolute Gasteiger partial charge is 0.347 e. The molecular weight excluding hydrogens is 294 g/mol. The van der Waals surface area contributed by atoms with Crippen molar-refractivity contribution in [2.75, 3.05) is 0 Å². The summed E-state index contributed by atoms with van der Waals surface area (Å²) in [4.78, 5) is 12.9. The predicted molar refractivity (Wildman–Crippen MR) is 95.2 cm³/mol. The second-order valence-electron chi connectivity index (χ2n) is 8.69. The molecule has 0 aliphatic heterocycles. The summed E-state index contributed by atoms with van der Waals surface area (Å²) in [5, 5.41) is 13.7. The van der Waals surface area contributed by atoms with E-state index in [1.165, 1.54) is 0 Å². The van der Waals surface area contributed by atoms with Crippen LogP contribution in [-0.4, -0.2) is 37.8 Å². The Morgan fingerprint density at radius 2 is 1.57 bits per heavy atom. The van der Waals surface area contributed by atoms with Gasteiger partial charge < -0.3 is 5.32 Å². The number of nitrogens with one attached hydrogen (secondary N) is 1. The van der Waals surface area contributed by atoms with E-state index in [1.807, 2.05) is 20.8 Å². The first-order chi connectivity index (χ1) is 9.23. The molecule has 4 nitrogen and oxygen atoms in total. The van der Waals surface area contributed by atoms with Crippen molar-refractivity contribution in [1.29, 1.82) is 0 Å². The van der Waals surface area contributed by atoms with Crippen LogP contribution in [0.4, 0.5) is 0 Å². The smallest absolute Gasteiger partial charge is 0.253 e. The van der Waals surface area contributed by atoms with Crippen molar-refractivity contribution in [1.82, 2.24) is 15.5 Å². The van der Waals surface area contributed by atoms with Crippen molar-refractivity contribution < 1.29 is 4.79 Å². The van der Waals surface area contributed by atoms with E-state index < -0.39 is 16.1 Å². The molecule has 1 heterocycles. The van der Waals surface area contributed by atoms with Gasteiger partial charge in [-0.15, -0.1) is 0 Å². The average molecular weight is 324 g/mol. The molecule has 0 aliphatic carbocycles. The number of aromatic nitrogens is 2. The van der Waals surface area contributed by atoms with Gasteiger partial charge in [0, 0.05) is 11.7 Å². The molecule has 0 fully saturated rings. The predicted octanol–water partition coefficient (Wildman–Crippen LogP) is 2.10. The maximum absolute atomic E-state index is 12.9. The van der Waals surface area contributed by atoms with E-state index in [4.69, 9.17) is 0 Å². The van der Waals surface area contributed by atoms with Crippen LogP contribution in [0.3, 0.4) is 0 Å². The first-order valence-corrected chi connectivity index (χ1v) is 14.4. The van der Waals surface area contributed by atoms with E-state index in [2.05, 4.69) is 54.8 Å². The van der Waals surface area contributed by atoms with Gasteiger partial charge >= 0.3 is 0 Å². The van der Waals surface area contributed by atoms with E-state index in [0.29, 0.717) is 0 Å². The molecule has 1 N–H and O–H groups in total. The SMILES string of the molecule is CC(C)(C)NC(=O)c1c([Si](C)(C)C)cnnc1[Si](C)(C)C. The van der Waals surface area contributed by atoms with E-state index in [9.17, 15) is 4.79 Å². The van der Waals surface area contributed by atoms with Gasteiger partial charge in [-0.05, 0) is 26.0 Å². The van der Waals surface area contributed by atoms with Crippen LogP contribution >= 0.6 is 0 Å². The number of amides is 1. The third-order valence-electron chi connectivity index (χ3n) is 3.08. The van der Waals surface area contributed by atoms with Crippen LogP contribution < -0.4 is 15.8 Å². The van der Waals surface area contributed by atoms with Crippen molar-refractivity contribution >= 4 is 32.6 Å². The molecule has 0 bridgehead atoms. The summed E-state index contributed by atoms with van der Waals surface area (Å²) in [5.74, 6) is -0.00718. The molecule has 0 saturated carbocycles. The molecule has 0 spiro atoms. The van der Waals surface area contributed by atoms with Gasteiger partial charge in [-0.3, -0.25) is 4.79 Å². The second-order valence-corrected chi connectivity index (χ2v) is 18.7. The summed E-state index contributed by atoms with van der Waals surface area (Å²) in [5.41, 5.74) is 0.534. The fourth-order valence-electron chi connectivity index (χ4n) is 2.11.